The fourth-order valence-electron chi connectivity index (χ4n) is 6.05. The molecule has 0 atom stereocenters. The van der Waals surface area contributed by atoms with Gasteiger partial charge in [-0.1, -0.05) is 25.0 Å². The van der Waals surface area contributed by atoms with Crippen molar-refractivity contribution in [3.63, 3.8) is 0 Å². The second kappa shape index (κ2) is 9.76. The van der Waals surface area contributed by atoms with Gasteiger partial charge in [-0.05, 0) is 56.6 Å². The Morgan fingerprint density at radius 3 is 1.97 bits per heavy atom. The van der Waals surface area contributed by atoms with E-state index in [0.29, 0.717) is 43.6 Å². The topological polar surface area (TPSA) is 95.5 Å². The number of carbonyl (C=O) groups is 2. The van der Waals surface area contributed by atoms with Gasteiger partial charge in [0.25, 0.3) is 5.56 Å². The Morgan fingerprint density at radius 1 is 0.794 bits per heavy atom. The maximum atomic E-state index is 13.1. The molecule has 2 heterocycles. The summed E-state index contributed by atoms with van der Waals surface area (Å²) in [6.45, 7) is 2.92. The van der Waals surface area contributed by atoms with Gasteiger partial charge in [-0.2, -0.15) is 0 Å². The monoisotopic (exact) mass is 466 g/mol. The number of piperazine rings is 1. The molecule has 2 aromatic rings. The van der Waals surface area contributed by atoms with Crippen LogP contribution in [-0.4, -0.2) is 57.3 Å². The van der Waals surface area contributed by atoms with Crippen LogP contribution in [0.15, 0.2) is 33.9 Å². The highest BCUT2D eigenvalue weighted by Gasteiger charge is 2.34. The number of carbonyl (C=O) groups excluding carboxylic acids is 2. The molecule has 1 aromatic heterocycles. The summed E-state index contributed by atoms with van der Waals surface area (Å²) in [5, 5.41) is 0.525. The van der Waals surface area contributed by atoms with Crippen molar-refractivity contribution in [1.82, 2.24) is 19.4 Å². The van der Waals surface area contributed by atoms with E-state index in [4.69, 9.17) is 0 Å². The van der Waals surface area contributed by atoms with Crippen molar-refractivity contribution < 1.29 is 9.59 Å². The predicted molar refractivity (Wildman–Crippen MR) is 129 cm³/mol. The van der Waals surface area contributed by atoms with Crippen LogP contribution in [0.4, 0.5) is 0 Å². The third-order valence-electron chi connectivity index (χ3n) is 8.13. The van der Waals surface area contributed by atoms with E-state index in [2.05, 4.69) is 4.98 Å². The number of benzene rings is 1. The molecule has 2 saturated carbocycles. The van der Waals surface area contributed by atoms with Crippen LogP contribution in [0, 0.1) is 17.8 Å². The standard InChI is InChI=1S/C26H34N4O4/c31-23(19-5-1-2-6-19)28-13-15-29(16-14-28)24(32)20-11-9-18(10-12-20)17-30-25(33)21-7-3-4-8-22(21)27-26(30)34/h3-4,7-8,18-20H,1-2,5-6,9-17H2,(H,27,34). The summed E-state index contributed by atoms with van der Waals surface area (Å²) in [5.74, 6) is 0.890. The Bertz CT molecular complexity index is 1160. The maximum absolute atomic E-state index is 13.1. The predicted octanol–water partition coefficient (Wildman–Crippen LogP) is 2.36. The van der Waals surface area contributed by atoms with Crippen LogP contribution in [0.2, 0.25) is 0 Å². The number of hydrogen-bond acceptors (Lipinski definition) is 4. The summed E-state index contributed by atoms with van der Waals surface area (Å²) in [6.07, 6.45) is 7.56. The summed E-state index contributed by atoms with van der Waals surface area (Å²) in [4.78, 5) is 57.8. The lowest BCUT2D eigenvalue weighted by Crippen LogP contribution is -2.53. The van der Waals surface area contributed by atoms with Gasteiger partial charge in [-0.25, -0.2) is 4.79 Å². The molecule has 2 amide bonds. The van der Waals surface area contributed by atoms with Crippen molar-refractivity contribution in [2.24, 2.45) is 17.8 Å². The van der Waals surface area contributed by atoms with Crippen molar-refractivity contribution >= 4 is 22.7 Å². The molecule has 8 nitrogen and oxygen atoms in total. The van der Waals surface area contributed by atoms with Crippen LogP contribution in [-0.2, 0) is 16.1 Å². The molecule has 5 rings (SSSR count). The van der Waals surface area contributed by atoms with E-state index in [9.17, 15) is 19.2 Å². The molecule has 2 aliphatic carbocycles. The van der Waals surface area contributed by atoms with Crippen molar-refractivity contribution in [1.29, 1.82) is 0 Å². The van der Waals surface area contributed by atoms with E-state index >= 15 is 0 Å². The minimum atomic E-state index is -0.369. The van der Waals surface area contributed by atoms with E-state index in [-0.39, 0.29) is 40.8 Å². The molecule has 0 radical (unpaired) electrons. The zero-order valence-corrected chi connectivity index (χ0v) is 19.7. The first-order valence-electron chi connectivity index (χ1n) is 12.8. The van der Waals surface area contributed by atoms with Crippen LogP contribution < -0.4 is 11.2 Å². The zero-order valence-electron chi connectivity index (χ0n) is 19.7. The second-order valence-electron chi connectivity index (χ2n) is 10.2. The number of para-hydroxylation sites is 1. The van der Waals surface area contributed by atoms with E-state index in [0.717, 1.165) is 51.4 Å². The molecule has 1 aromatic carbocycles. The van der Waals surface area contributed by atoms with Gasteiger partial charge in [-0.15, -0.1) is 0 Å². The Balaban J connectivity index is 1.14. The van der Waals surface area contributed by atoms with Gasteiger partial charge in [0.2, 0.25) is 11.8 Å². The van der Waals surface area contributed by atoms with Crippen LogP contribution in [0.5, 0.6) is 0 Å². The average molecular weight is 467 g/mol. The lowest BCUT2D eigenvalue weighted by Gasteiger charge is -2.38. The number of aromatic nitrogens is 2. The van der Waals surface area contributed by atoms with Gasteiger partial charge in [0, 0.05) is 44.6 Å². The van der Waals surface area contributed by atoms with Crippen LogP contribution in [0.25, 0.3) is 10.9 Å². The highest BCUT2D eigenvalue weighted by molar-refractivity contribution is 5.81. The van der Waals surface area contributed by atoms with Crippen LogP contribution in [0.1, 0.15) is 51.4 Å². The third kappa shape index (κ3) is 4.55. The van der Waals surface area contributed by atoms with Crippen molar-refractivity contribution in [3.8, 4) is 0 Å². The molecule has 3 fully saturated rings. The number of aromatic amines is 1. The van der Waals surface area contributed by atoms with Crippen molar-refractivity contribution in [2.45, 2.75) is 57.9 Å². The molecule has 0 spiro atoms. The minimum absolute atomic E-state index is 0.0000523. The first-order valence-corrected chi connectivity index (χ1v) is 12.8. The van der Waals surface area contributed by atoms with E-state index in [1.54, 1.807) is 24.3 Å². The molecule has 0 unspecified atom stereocenters. The molecule has 8 heteroatoms. The lowest BCUT2D eigenvalue weighted by atomic mass is 9.81. The molecule has 1 aliphatic heterocycles. The van der Waals surface area contributed by atoms with Gasteiger partial charge in [-0.3, -0.25) is 19.0 Å². The molecule has 1 saturated heterocycles. The lowest BCUT2D eigenvalue weighted by molar-refractivity contribution is -0.144. The van der Waals surface area contributed by atoms with E-state index < -0.39 is 0 Å². The molecular weight excluding hydrogens is 432 g/mol. The highest BCUT2D eigenvalue weighted by atomic mass is 16.2. The first kappa shape index (κ1) is 22.9. The van der Waals surface area contributed by atoms with E-state index in [1.807, 2.05) is 9.80 Å². The third-order valence-corrected chi connectivity index (χ3v) is 8.13. The number of amides is 2. The van der Waals surface area contributed by atoms with Gasteiger partial charge < -0.3 is 14.8 Å². The van der Waals surface area contributed by atoms with E-state index in [1.165, 1.54) is 4.57 Å². The number of rotatable bonds is 4. The number of hydrogen-bond donors (Lipinski definition) is 1. The quantitative estimate of drug-likeness (QED) is 0.748. The molecule has 182 valence electrons. The molecule has 34 heavy (non-hydrogen) atoms. The summed E-state index contributed by atoms with van der Waals surface area (Å²) in [7, 11) is 0. The summed E-state index contributed by atoms with van der Waals surface area (Å²) >= 11 is 0. The largest absolute Gasteiger partial charge is 0.339 e. The SMILES string of the molecule is O=C(C1CCCC1)N1CCN(C(=O)C2CCC(Cn3c(=O)[nH]c4ccccc4c3=O)CC2)CC1. The number of fused-ring (bicyclic) bond motifs is 1. The zero-order chi connectivity index (χ0) is 23.7. The molecule has 0 bridgehead atoms. The number of nitrogens with one attached hydrogen (secondary N) is 1. The second-order valence-corrected chi connectivity index (χ2v) is 10.2. The molecule has 3 aliphatic rings. The normalized spacial score (nSPS) is 24.0. The van der Waals surface area contributed by atoms with Crippen molar-refractivity contribution in [2.75, 3.05) is 26.2 Å². The first-order chi connectivity index (χ1) is 16.5. The van der Waals surface area contributed by atoms with Gasteiger partial charge in [0.1, 0.15) is 0 Å². The number of nitrogens with zero attached hydrogens (tertiary/aromatic N) is 3. The smallest absolute Gasteiger partial charge is 0.328 e. The van der Waals surface area contributed by atoms with Crippen molar-refractivity contribution in [3.05, 3.63) is 45.1 Å². The Labute approximate surface area is 198 Å². The highest BCUT2D eigenvalue weighted by Crippen LogP contribution is 2.31. The Kier molecular flexibility index (Phi) is 6.57. The van der Waals surface area contributed by atoms with Crippen LogP contribution >= 0.6 is 0 Å². The summed E-state index contributed by atoms with van der Waals surface area (Å²) in [6, 6.07) is 7.08. The average Bonchev–Trinajstić information content (AvgIpc) is 3.41. The molecule has 1 N–H and O–H groups in total. The fourth-order valence-corrected chi connectivity index (χ4v) is 6.05. The van der Waals surface area contributed by atoms with Gasteiger partial charge in [0.05, 0.1) is 10.9 Å². The van der Waals surface area contributed by atoms with Gasteiger partial charge in [0.15, 0.2) is 0 Å². The molecular formula is C26H34N4O4. The summed E-state index contributed by atoms with van der Waals surface area (Å²) in [5.41, 5.74) is -0.0532. The Hall–Kier alpha value is -2.90. The maximum Gasteiger partial charge on any atom is 0.328 e. The summed E-state index contributed by atoms with van der Waals surface area (Å²) < 4.78 is 1.32. The number of H-pyrrole nitrogens is 1. The van der Waals surface area contributed by atoms with Gasteiger partial charge >= 0.3 is 5.69 Å². The minimum Gasteiger partial charge on any atom is -0.339 e. The fraction of sp³-hybridized carbons (Fsp3) is 0.615. The Morgan fingerprint density at radius 2 is 1.35 bits per heavy atom. The van der Waals surface area contributed by atoms with Crippen LogP contribution in [0.3, 0.4) is 0 Å².